The van der Waals surface area contributed by atoms with Crippen LogP contribution in [0.1, 0.15) is 23.1 Å². The first kappa shape index (κ1) is 10.2. The van der Waals surface area contributed by atoms with Gasteiger partial charge in [0.25, 0.3) is 0 Å². The van der Waals surface area contributed by atoms with E-state index in [0.717, 1.165) is 17.8 Å². The van der Waals surface area contributed by atoms with Gasteiger partial charge in [0, 0.05) is 30.0 Å². The molecule has 0 amide bonds. The molecule has 2 N–H and O–H groups in total. The van der Waals surface area contributed by atoms with Gasteiger partial charge in [-0.05, 0) is 17.2 Å². The molecule has 2 nitrogen and oxygen atoms in total. The zero-order valence-corrected chi connectivity index (χ0v) is 9.61. The SMILES string of the molecule is OC1C=C2NC[C@@H](CCl)C2c2ccccc21. The van der Waals surface area contributed by atoms with Gasteiger partial charge in [0.1, 0.15) is 0 Å². The first-order valence-electron chi connectivity index (χ1n) is 5.59. The molecule has 3 rings (SSSR count). The molecule has 1 heterocycles. The minimum atomic E-state index is -0.482. The van der Waals surface area contributed by atoms with Crippen molar-refractivity contribution in [2.75, 3.05) is 12.4 Å². The second-order valence-corrected chi connectivity index (χ2v) is 4.78. The molecule has 2 aliphatic rings. The maximum absolute atomic E-state index is 10.0. The number of halogens is 1. The van der Waals surface area contributed by atoms with Crippen LogP contribution in [0.3, 0.4) is 0 Å². The molecule has 1 aliphatic carbocycles. The van der Waals surface area contributed by atoms with E-state index in [1.165, 1.54) is 5.56 Å². The van der Waals surface area contributed by atoms with Gasteiger partial charge >= 0.3 is 0 Å². The molecule has 1 aromatic rings. The first-order valence-corrected chi connectivity index (χ1v) is 6.13. The van der Waals surface area contributed by atoms with Crippen molar-refractivity contribution in [2.45, 2.75) is 12.0 Å². The second kappa shape index (κ2) is 3.79. The monoisotopic (exact) mass is 235 g/mol. The van der Waals surface area contributed by atoms with E-state index in [1.807, 2.05) is 24.3 Å². The van der Waals surface area contributed by atoms with Gasteiger partial charge in [-0.15, -0.1) is 11.6 Å². The Kier molecular flexibility index (Phi) is 2.41. The number of nitrogens with one attached hydrogen (secondary N) is 1. The molecule has 16 heavy (non-hydrogen) atoms. The maximum Gasteiger partial charge on any atom is 0.0994 e. The highest BCUT2D eigenvalue weighted by atomic mass is 35.5. The Hall–Kier alpha value is -0.990. The predicted octanol–water partition coefficient (Wildman–Crippen LogP) is 2.16. The van der Waals surface area contributed by atoms with Crippen LogP contribution in [-0.4, -0.2) is 17.5 Å². The highest BCUT2D eigenvalue weighted by Crippen LogP contribution is 2.43. The Morgan fingerprint density at radius 3 is 2.81 bits per heavy atom. The minimum Gasteiger partial charge on any atom is -0.388 e. The highest BCUT2D eigenvalue weighted by molar-refractivity contribution is 6.18. The van der Waals surface area contributed by atoms with Crippen molar-refractivity contribution in [3.05, 3.63) is 47.2 Å². The van der Waals surface area contributed by atoms with Gasteiger partial charge in [0.05, 0.1) is 6.10 Å². The number of alkyl halides is 1. The molecule has 0 aromatic heterocycles. The van der Waals surface area contributed by atoms with Gasteiger partial charge in [-0.25, -0.2) is 0 Å². The number of allylic oxidation sites excluding steroid dienone is 1. The van der Waals surface area contributed by atoms with Crippen molar-refractivity contribution < 1.29 is 5.11 Å². The van der Waals surface area contributed by atoms with Crippen LogP contribution in [0, 0.1) is 5.92 Å². The summed E-state index contributed by atoms with van der Waals surface area (Å²) < 4.78 is 0. The molecule has 3 atom stereocenters. The van der Waals surface area contributed by atoms with Crippen LogP contribution in [0.4, 0.5) is 0 Å². The zero-order chi connectivity index (χ0) is 11.1. The summed E-state index contributed by atoms with van der Waals surface area (Å²) in [5, 5.41) is 13.4. The summed E-state index contributed by atoms with van der Waals surface area (Å²) in [4.78, 5) is 0. The molecule has 0 spiro atoms. The molecule has 1 aromatic carbocycles. The van der Waals surface area contributed by atoms with Crippen molar-refractivity contribution >= 4 is 11.6 Å². The number of aliphatic hydroxyl groups is 1. The molecule has 0 bridgehead atoms. The lowest BCUT2D eigenvalue weighted by molar-refractivity contribution is 0.221. The smallest absolute Gasteiger partial charge is 0.0994 e. The third kappa shape index (κ3) is 1.37. The normalized spacial score (nSPS) is 31.4. The number of hydrogen-bond acceptors (Lipinski definition) is 2. The quantitative estimate of drug-likeness (QED) is 0.732. The molecule has 1 fully saturated rings. The fraction of sp³-hybridized carbons (Fsp3) is 0.385. The van der Waals surface area contributed by atoms with Gasteiger partial charge in [0.2, 0.25) is 0 Å². The van der Waals surface area contributed by atoms with Crippen LogP contribution in [0.25, 0.3) is 0 Å². The summed E-state index contributed by atoms with van der Waals surface area (Å²) in [5.74, 6) is 1.43. The lowest BCUT2D eigenvalue weighted by Gasteiger charge is -2.27. The highest BCUT2D eigenvalue weighted by Gasteiger charge is 2.37. The van der Waals surface area contributed by atoms with Gasteiger partial charge in [-0.1, -0.05) is 24.3 Å². The fourth-order valence-electron chi connectivity index (χ4n) is 2.78. The number of aliphatic hydroxyl groups excluding tert-OH is 1. The van der Waals surface area contributed by atoms with Crippen LogP contribution in [0.2, 0.25) is 0 Å². The Bertz CT molecular complexity index is 443. The molecular formula is C13H14ClNO. The fourth-order valence-corrected chi connectivity index (χ4v) is 3.07. The largest absolute Gasteiger partial charge is 0.388 e. The van der Waals surface area contributed by atoms with Gasteiger partial charge < -0.3 is 10.4 Å². The van der Waals surface area contributed by atoms with Crippen LogP contribution in [0.15, 0.2) is 36.0 Å². The minimum absolute atomic E-state index is 0.345. The number of rotatable bonds is 1. The summed E-state index contributed by atoms with van der Waals surface area (Å²) in [6.07, 6.45) is 1.43. The van der Waals surface area contributed by atoms with Crippen molar-refractivity contribution in [1.82, 2.24) is 5.32 Å². The second-order valence-electron chi connectivity index (χ2n) is 4.47. The lowest BCUT2D eigenvalue weighted by atomic mass is 9.80. The zero-order valence-electron chi connectivity index (χ0n) is 8.86. The first-order chi connectivity index (χ1) is 7.81. The molecule has 84 valence electrons. The Morgan fingerprint density at radius 1 is 1.31 bits per heavy atom. The molecular weight excluding hydrogens is 222 g/mol. The van der Waals surface area contributed by atoms with Crippen LogP contribution >= 0.6 is 11.6 Å². The van der Waals surface area contributed by atoms with E-state index in [1.54, 1.807) is 0 Å². The molecule has 1 saturated heterocycles. The van der Waals surface area contributed by atoms with E-state index < -0.39 is 6.10 Å². The van der Waals surface area contributed by atoms with Crippen molar-refractivity contribution in [3.8, 4) is 0 Å². The van der Waals surface area contributed by atoms with E-state index in [-0.39, 0.29) is 0 Å². The van der Waals surface area contributed by atoms with Crippen molar-refractivity contribution in [2.24, 2.45) is 5.92 Å². The summed E-state index contributed by atoms with van der Waals surface area (Å²) in [6.45, 7) is 0.904. The molecule has 0 radical (unpaired) electrons. The van der Waals surface area contributed by atoms with Gasteiger partial charge in [0.15, 0.2) is 0 Å². The summed E-state index contributed by atoms with van der Waals surface area (Å²) in [7, 11) is 0. The molecule has 1 aliphatic heterocycles. The van der Waals surface area contributed by atoms with E-state index in [4.69, 9.17) is 11.6 Å². The third-order valence-corrected chi connectivity index (χ3v) is 3.96. The van der Waals surface area contributed by atoms with Crippen molar-refractivity contribution in [3.63, 3.8) is 0 Å². The Morgan fingerprint density at radius 2 is 2.06 bits per heavy atom. The number of hydrogen-bond donors (Lipinski definition) is 2. The topological polar surface area (TPSA) is 32.3 Å². The predicted molar refractivity (Wildman–Crippen MR) is 64.4 cm³/mol. The van der Waals surface area contributed by atoms with E-state index >= 15 is 0 Å². The number of fused-ring (bicyclic) bond motifs is 3. The van der Waals surface area contributed by atoms with Crippen LogP contribution < -0.4 is 5.32 Å². The van der Waals surface area contributed by atoms with Crippen molar-refractivity contribution in [1.29, 1.82) is 0 Å². The average molecular weight is 236 g/mol. The van der Waals surface area contributed by atoms with Gasteiger partial charge in [-0.2, -0.15) is 0 Å². The summed E-state index contributed by atoms with van der Waals surface area (Å²) >= 11 is 6.00. The van der Waals surface area contributed by atoms with E-state index in [0.29, 0.717) is 17.7 Å². The molecule has 2 unspecified atom stereocenters. The Labute approximate surface area is 99.9 Å². The summed E-state index contributed by atoms with van der Waals surface area (Å²) in [5.41, 5.74) is 3.38. The average Bonchev–Trinajstić information content (AvgIpc) is 2.72. The number of benzene rings is 1. The maximum atomic E-state index is 10.0. The van der Waals surface area contributed by atoms with Crippen LogP contribution in [0.5, 0.6) is 0 Å². The lowest BCUT2D eigenvalue weighted by Crippen LogP contribution is -2.18. The standard InChI is InChI=1S/C13H14ClNO/c14-6-8-7-15-11-5-12(16)9-3-1-2-4-10(9)13(8)11/h1-5,8,12-13,15-16H,6-7H2/t8-,12?,13?/m1/s1. The van der Waals surface area contributed by atoms with Crippen LogP contribution in [-0.2, 0) is 0 Å². The summed E-state index contributed by atoms with van der Waals surface area (Å²) in [6, 6.07) is 8.09. The van der Waals surface area contributed by atoms with Gasteiger partial charge in [-0.3, -0.25) is 0 Å². The third-order valence-electron chi connectivity index (χ3n) is 3.56. The van der Waals surface area contributed by atoms with E-state index in [9.17, 15) is 5.11 Å². The van der Waals surface area contributed by atoms with E-state index in [2.05, 4.69) is 11.4 Å². The molecule has 3 heteroatoms. The molecule has 0 saturated carbocycles. The Balaban J connectivity index is 2.11.